The quantitative estimate of drug-likeness (QED) is 0.747. The van der Waals surface area contributed by atoms with Gasteiger partial charge in [0.25, 0.3) is 0 Å². The number of fused-ring (bicyclic) bond motifs is 2. The summed E-state index contributed by atoms with van der Waals surface area (Å²) in [5, 5.41) is 10.5. The maximum atomic E-state index is 12.0. The molecule has 1 aliphatic rings. The van der Waals surface area contributed by atoms with Crippen molar-refractivity contribution in [3.63, 3.8) is 0 Å². The molecule has 4 rings (SSSR count). The van der Waals surface area contributed by atoms with Crippen LogP contribution in [0.5, 0.6) is 0 Å². The maximum Gasteiger partial charge on any atom is 0.336 e. The van der Waals surface area contributed by atoms with E-state index >= 15 is 0 Å². The summed E-state index contributed by atoms with van der Waals surface area (Å²) in [6, 6.07) is 11.2. The molecule has 1 aliphatic carbocycles. The molecule has 0 amide bonds. The Morgan fingerprint density at radius 1 is 1.25 bits per heavy atom. The van der Waals surface area contributed by atoms with Gasteiger partial charge in [0.05, 0.1) is 23.0 Å². The van der Waals surface area contributed by atoms with Crippen molar-refractivity contribution in [3.05, 3.63) is 65.2 Å². The molecule has 2 heterocycles. The number of carbonyl (C=O) groups is 1. The molecule has 0 spiro atoms. The van der Waals surface area contributed by atoms with Gasteiger partial charge >= 0.3 is 5.97 Å². The predicted molar refractivity (Wildman–Crippen MR) is 92.8 cm³/mol. The summed E-state index contributed by atoms with van der Waals surface area (Å²) >= 11 is 0. The highest BCUT2D eigenvalue weighted by Crippen LogP contribution is 2.38. The molecule has 3 aromatic rings. The number of benzene rings is 1. The van der Waals surface area contributed by atoms with Crippen molar-refractivity contribution in [3.8, 4) is 0 Å². The van der Waals surface area contributed by atoms with Gasteiger partial charge in [0, 0.05) is 5.39 Å². The summed E-state index contributed by atoms with van der Waals surface area (Å²) in [4.78, 5) is 16.7. The van der Waals surface area contributed by atoms with Crippen LogP contribution >= 0.6 is 0 Å². The first-order chi connectivity index (χ1) is 11.6. The number of allylic oxidation sites excluding steroid dienone is 1. The Hall–Kier alpha value is -2.88. The van der Waals surface area contributed by atoms with Crippen LogP contribution in [0.25, 0.3) is 22.6 Å². The van der Waals surface area contributed by atoms with Crippen molar-refractivity contribution in [2.45, 2.75) is 19.8 Å². The number of nitrogens with zero attached hydrogens (tertiary/aromatic N) is 1. The van der Waals surface area contributed by atoms with Gasteiger partial charge in [0.1, 0.15) is 5.76 Å². The average Bonchev–Trinajstić information content (AvgIpc) is 3.05. The molecule has 0 saturated heterocycles. The Balaban J connectivity index is 2.02. The molecule has 4 heteroatoms. The van der Waals surface area contributed by atoms with E-state index in [4.69, 9.17) is 9.40 Å². The number of aromatic nitrogens is 1. The van der Waals surface area contributed by atoms with Crippen LogP contribution in [0.1, 0.15) is 40.7 Å². The fourth-order valence-corrected chi connectivity index (χ4v) is 3.53. The fraction of sp³-hybridized carbons (Fsp3) is 0.200. The number of carboxylic acid groups (broad SMARTS) is 1. The van der Waals surface area contributed by atoms with Crippen LogP contribution in [0.3, 0.4) is 0 Å². The second kappa shape index (κ2) is 5.64. The minimum atomic E-state index is -0.892. The highest BCUT2D eigenvalue weighted by molar-refractivity contribution is 6.05. The first-order valence-corrected chi connectivity index (χ1v) is 8.03. The fourth-order valence-electron chi connectivity index (χ4n) is 3.53. The molecule has 1 atom stereocenters. The van der Waals surface area contributed by atoms with Crippen LogP contribution in [0.4, 0.5) is 0 Å². The third-order valence-corrected chi connectivity index (χ3v) is 4.49. The third kappa shape index (κ3) is 2.40. The first kappa shape index (κ1) is 14.7. The Kier molecular flexibility index (Phi) is 3.45. The molecule has 120 valence electrons. The van der Waals surface area contributed by atoms with Crippen molar-refractivity contribution in [2.24, 2.45) is 5.92 Å². The average molecular weight is 319 g/mol. The van der Waals surface area contributed by atoms with E-state index in [1.165, 1.54) is 0 Å². The Bertz CT molecular complexity index is 954. The zero-order chi connectivity index (χ0) is 16.7. The zero-order valence-electron chi connectivity index (χ0n) is 13.3. The molecule has 1 N–H and O–H groups in total. The first-order valence-electron chi connectivity index (χ1n) is 8.03. The summed E-state index contributed by atoms with van der Waals surface area (Å²) in [5.41, 5.74) is 3.76. The van der Waals surface area contributed by atoms with E-state index in [1.807, 2.05) is 42.5 Å². The highest BCUT2D eigenvalue weighted by atomic mass is 16.4. The van der Waals surface area contributed by atoms with Gasteiger partial charge in [-0.25, -0.2) is 9.78 Å². The van der Waals surface area contributed by atoms with Gasteiger partial charge in [0.15, 0.2) is 0 Å². The molecule has 2 aromatic heterocycles. The van der Waals surface area contributed by atoms with Crippen LogP contribution in [0.2, 0.25) is 0 Å². The van der Waals surface area contributed by atoms with E-state index in [9.17, 15) is 9.90 Å². The van der Waals surface area contributed by atoms with Crippen LogP contribution in [0.15, 0.2) is 47.1 Å². The lowest BCUT2D eigenvalue weighted by atomic mass is 9.81. The molecule has 4 nitrogen and oxygen atoms in total. The van der Waals surface area contributed by atoms with Gasteiger partial charge in [-0.1, -0.05) is 25.1 Å². The smallest absolute Gasteiger partial charge is 0.336 e. The van der Waals surface area contributed by atoms with Crippen LogP contribution in [0, 0.1) is 5.92 Å². The summed E-state index contributed by atoms with van der Waals surface area (Å²) in [6.45, 7) is 2.14. The maximum absolute atomic E-state index is 12.0. The number of carboxylic acids is 1. The largest absolute Gasteiger partial charge is 0.478 e. The second-order valence-corrected chi connectivity index (χ2v) is 6.33. The van der Waals surface area contributed by atoms with Gasteiger partial charge in [-0.3, -0.25) is 0 Å². The summed E-state index contributed by atoms with van der Waals surface area (Å²) < 4.78 is 5.43. The predicted octanol–water partition coefficient (Wildman–Crippen LogP) is 4.65. The minimum absolute atomic E-state index is 0.361. The number of hydrogen-bond acceptors (Lipinski definition) is 3. The molecular weight excluding hydrogens is 302 g/mol. The Labute approximate surface area is 139 Å². The second-order valence-electron chi connectivity index (χ2n) is 6.33. The number of aromatic carboxylic acids is 1. The van der Waals surface area contributed by atoms with Gasteiger partial charge in [-0.05, 0) is 54.2 Å². The van der Waals surface area contributed by atoms with E-state index < -0.39 is 5.97 Å². The van der Waals surface area contributed by atoms with E-state index in [2.05, 4.69) is 6.92 Å². The number of para-hydroxylation sites is 1. The van der Waals surface area contributed by atoms with Crippen LogP contribution < -0.4 is 0 Å². The van der Waals surface area contributed by atoms with E-state index in [-0.39, 0.29) is 0 Å². The number of furan rings is 1. The zero-order valence-corrected chi connectivity index (χ0v) is 13.3. The van der Waals surface area contributed by atoms with Crippen molar-refractivity contribution in [1.29, 1.82) is 0 Å². The summed E-state index contributed by atoms with van der Waals surface area (Å²) in [6.07, 6.45) is 5.19. The molecule has 1 aromatic carbocycles. The molecular formula is C20H17NO3. The van der Waals surface area contributed by atoms with Gasteiger partial charge < -0.3 is 9.52 Å². The van der Waals surface area contributed by atoms with Crippen molar-refractivity contribution >= 4 is 28.5 Å². The minimum Gasteiger partial charge on any atom is -0.478 e. The number of hydrogen-bond donors (Lipinski definition) is 1. The molecule has 0 aliphatic heterocycles. The molecule has 0 radical (unpaired) electrons. The van der Waals surface area contributed by atoms with E-state index in [0.29, 0.717) is 22.4 Å². The Morgan fingerprint density at radius 2 is 2.08 bits per heavy atom. The number of pyridine rings is 1. The molecule has 0 bridgehead atoms. The molecule has 24 heavy (non-hydrogen) atoms. The normalized spacial score (nSPS) is 18.7. The van der Waals surface area contributed by atoms with E-state index in [0.717, 1.165) is 35.4 Å². The molecule has 0 saturated carbocycles. The lowest BCUT2D eigenvalue weighted by molar-refractivity contribution is 0.0697. The van der Waals surface area contributed by atoms with Crippen LogP contribution in [-0.2, 0) is 6.42 Å². The summed E-state index contributed by atoms with van der Waals surface area (Å²) in [5.74, 6) is 0.230. The topological polar surface area (TPSA) is 63.3 Å². The monoisotopic (exact) mass is 319 g/mol. The molecule has 0 fully saturated rings. The van der Waals surface area contributed by atoms with Gasteiger partial charge in [-0.15, -0.1) is 0 Å². The SMILES string of the molecule is CC1C/C(=C/c2ccco2)c2nc3ccccc3c(C(=O)O)c2C1. The molecule has 1 unspecified atom stereocenters. The lowest BCUT2D eigenvalue weighted by Crippen LogP contribution is -2.17. The third-order valence-electron chi connectivity index (χ3n) is 4.49. The standard InChI is InChI=1S/C20H17NO3/c1-12-9-13(11-14-5-4-8-24-14)19-16(10-12)18(20(22)23)15-6-2-3-7-17(15)21-19/h2-8,11-12H,9-10H2,1H3,(H,22,23)/b13-11-. The van der Waals surface area contributed by atoms with Gasteiger partial charge in [-0.2, -0.15) is 0 Å². The van der Waals surface area contributed by atoms with Gasteiger partial charge in [0.2, 0.25) is 0 Å². The Morgan fingerprint density at radius 3 is 2.83 bits per heavy atom. The van der Waals surface area contributed by atoms with Crippen LogP contribution in [-0.4, -0.2) is 16.1 Å². The summed E-state index contributed by atoms with van der Waals surface area (Å²) in [7, 11) is 0. The van der Waals surface area contributed by atoms with Crippen molar-refractivity contribution in [1.82, 2.24) is 4.98 Å². The lowest BCUT2D eigenvalue weighted by Gasteiger charge is -2.25. The van der Waals surface area contributed by atoms with E-state index in [1.54, 1.807) is 6.26 Å². The van der Waals surface area contributed by atoms with Crippen molar-refractivity contribution in [2.75, 3.05) is 0 Å². The highest BCUT2D eigenvalue weighted by Gasteiger charge is 2.27. The van der Waals surface area contributed by atoms with Crippen molar-refractivity contribution < 1.29 is 14.3 Å². The number of rotatable bonds is 2.